The van der Waals surface area contributed by atoms with Crippen LogP contribution in [0.5, 0.6) is 0 Å². The Morgan fingerprint density at radius 2 is 1.51 bits per heavy atom. The first-order valence-electron chi connectivity index (χ1n) is 10.7. The van der Waals surface area contributed by atoms with Crippen LogP contribution in [0.15, 0.2) is 90.0 Å². The van der Waals surface area contributed by atoms with E-state index in [1.807, 2.05) is 30.3 Å². The Balaban J connectivity index is 1.46. The molecule has 1 atom stereocenters. The highest BCUT2D eigenvalue weighted by Gasteiger charge is 2.27. The van der Waals surface area contributed by atoms with Crippen LogP contribution < -0.4 is 15.4 Å². The van der Waals surface area contributed by atoms with Gasteiger partial charge in [-0.05, 0) is 48.0 Å². The molecular formula is C25H24N4O5S. The van der Waals surface area contributed by atoms with Crippen molar-refractivity contribution < 1.29 is 22.7 Å². The molecule has 0 bridgehead atoms. The van der Waals surface area contributed by atoms with Crippen molar-refractivity contribution in [3.05, 3.63) is 90.6 Å². The standard InChI is InChI=1S/C25H24N4O5S/c1-34-24(30)23(15-17-16-26-22-10-6-5-9-21(17)22)29-35(32,33)20-13-11-19(12-14-20)28-25(31)27-18-7-3-2-4-8-18/h2-14,16,23,26,29H,15H2,1H3,(H2,27,28,31)/t23-/m1/s1. The van der Waals surface area contributed by atoms with Crippen LogP contribution in [0.4, 0.5) is 16.2 Å². The molecule has 4 aromatic rings. The minimum absolute atomic E-state index is 0.0562. The molecule has 0 aliphatic carbocycles. The van der Waals surface area contributed by atoms with E-state index in [0.717, 1.165) is 16.5 Å². The minimum Gasteiger partial charge on any atom is -0.468 e. The number of fused-ring (bicyclic) bond motifs is 1. The number of benzene rings is 3. The third-order valence-corrected chi connectivity index (χ3v) is 6.82. The van der Waals surface area contributed by atoms with Crippen molar-refractivity contribution in [3.63, 3.8) is 0 Å². The van der Waals surface area contributed by atoms with Gasteiger partial charge in [0.05, 0.1) is 12.0 Å². The molecule has 9 nitrogen and oxygen atoms in total. The molecule has 4 rings (SSSR count). The number of H-pyrrole nitrogens is 1. The molecule has 180 valence electrons. The monoisotopic (exact) mass is 492 g/mol. The lowest BCUT2D eigenvalue weighted by Gasteiger charge is -2.17. The van der Waals surface area contributed by atoms with Crippen LogP contribution in [-0.2, 0) is 26.0 Å². The summed E-state index contributed by atoms with van der Waals surface area (Å²) >= 11 is 0. The molecule has 0 aliphatic rings. The molecule has 2 amide bonds. The summed E-state index contributed by atoms with van der Waals surface area (Å²) in [5.74, 6) is -0.699. The van der Waals surface area contributed by atoms with E-state index in [9.17, 15) is 18.0 Å². The number of aromatic amines is 1. The molecule has 0 saturated heterocycles. The van der Waals surface area contributed by atoms with Gasteiger partial charge in [-0.25, -0.2) is 13.2 Å². The molecule has 0 spiro atoms. The average Bonchev–Trinajstić information content (AvgIpc) is 3.26. The summed E-state index contributed by atoms with van der Waals surface area (Å²) in [7, 11) is -2.85. The summed E-state index contributed by atoms with van der Waals surface area (Å²) in [6, 6.07) is 20.5. The van der Waals surface area contributed by atoms with Gasteiger partial charge >= 0.3 is 12.0 Å². The first kappa shape index (κ1) is 24.0. The molecule has 1 heterocycles. The van der Waals surface area contributed by atoms with E-state index in [0.29, 0.717) is 11.4 Å². The van der Waals surface area contributed by atoms with E-state index < -0.39 is 28.1 Å². The third kappa shape index (κ3) is 5.86. The first-order chi connectivity index (χ1) is 16.9. The number of nitrogens with one attached hydrogen (secondary N) is 4. The van der Waals surface area contributed by atoms with Crippen LogP contribution in [-0.4, -0.2) is 38.6 Å². The average molecular weight is 493 g/mol. The van der Waals surface area contributed by atoms with Gasteiger partial charge in [0.1, 0.15) is 6.04 Å². The maximum absolute atomic E-state index is 13.0. The van der Waals surface area contributed by atoms with Gasteiger partial charge in [0.25, 0.3) is 0 Å². The lowest BCUT2D eigenvalue weighted by molar-refractivity contribution is -0.142. The van der Waals surface area contributed by atoms with Gasteiger partial charge in [-0.2, -0.15) is 4.72 Å². The van der Waals surface area contributed by atoms with Crippen molar-refractivity contribution in [2.75, 3.05) is 17.7 Å². The number of hydrogen-bond acceptors (Lipinski definition) is 5. The smallest absolute Gasteiger partial charge is 0.324 e. The van der Waals surface area contributed by atoms with Crippen LogP contribution >= 0.6 is 0 Å². The van der Waals surface area contributed by atoms with Crippen molar-refractivity contribution in [2.24, 2.45) is 0 Å². The highest BCUT2D eigenvalue weighted by Crippen LogP contribution is 2.21. The van der Waals surface area contributed by atoms with Gasteiger partial charge in [0.15, 0.2) is 0 Å². The number of amides is 2. The van der Waals surface area contributed by atoms with Crippen LogP contribution in [0.25, 0.3) is 10.9 Å². The lowest BCUT2D eigenvalue weighted by Crippen LogP contribution is -2.42. The number of hydrogen-bond donors (Lipinski definition) is 4. The van der Waals surface area contributed by atoms with Crippen molar-refractivity contribution in [3.8, 4) is 0 Å². The number of esters is 1. The predicted octanol–water partition coefficient (Wildman–Crippen LogP) is 3.87. The molecule has 0 saturated carbocycles. The zero-order valence-electron chi connectivity index (χ0n) is 18.8. The SMILES string of the molecule is COC(=O)[C@@H](Cc1c[nH]c2ccccc12)NS(=O)(=O)c1ccc(NC(=O)Nc2ccccc2)cc1. The fraction of sp³-hybridized carbons (Fsp3) is 0.120. The molecule has 35 heavy (non-hydrogen) atoms. The summed E-state index contributed by atoms with van der Waals surface area (Å²) < 4.78 is 33.3. The van der Waals surface area contributed by atoms with Gasteiger partial charge < -0.3 is 20.4 Å². The number of urea groups is 1. The summed E-state index contributed by atoms with van der Waals surface area (Å²) in [4.78, 5) is 27.6. The number of anilines is 2. The number of ether oxygens (including phenoxy) is 1. The van der Waals surface area contributed by atoms with E-state index in [1.54, 1.807) is 30.5 Å². The van der Waals surface area contributed by atoms with E-state index >= 15 is 0 Å². The Labute approximate surface area is 202 Å². The Bertz CT molecular complexity index is 1430. The molecule has 3 aromatic carbocycles. The summed E-state index contributed by atoms with van der Waals surface area (Å²) in [5.41, 5.74) is 2.69. The van der Waals surface area contributed by atoms with Crippen LogP contribution in [0, 0.1) is 0 Å². The van der Waals surface area contributed by atoms with Crippen LogP contribution in [0.1, 0.15) is 5.56 Å². The molecular weight excluding hydrogens is 468 g/mol. The predicted molar refractivity (Wildman–Crippen MR) is 134 cm³/mol. The number of para-hydroxylation sites is 2. The number of rotatable bonds is 8. The topological polar surface area (TPSA) is 129 Å². The van der Waals surface area contributed by atoms with E-state index in [-0.39, 0.29) is 11.3 Å². The minimum atomic E-state index is -4.05. The number of methoxy groups -OCH3 is 1. The Kier molecular flexibility index (Phi) is 7.14. The lowest BCUT2D eigenvalue weighted by atomic mass is 10.1. The van der Waals surface area contributed by atoms with Gasteiger partial charge in [-0.15, -0.1) is 0 Å². The van der Waals surface area contributed by atoms with Crippen molar-refractivity contribution in [2.45, 2.75) is 17.4 Å². The molecule has 0 unspecified atom stereocenters. The second-order valence-electron chi connectivity index (χ2n) is 7.73. The maximum Gasteiger partial charge on any atom is 0.324 e. The number of carbonyl (C=O) groups excluding carboxylic acids is 2. The molecule has 0 aliphatic heterocycles. The molecule has 0 radical (unpaired) electrons. The highest BCUT2D eigenvalue weighted by molar-refractivity contribution is 7.89. The largest absolute Gasteiger partial charge is 0.468 e. The fourth-order valence-electron chi connectivity index (χ4n) is 3.62. The Morgan fingerprint density at radius 3 is 2.20 bits per heavy atom. The summed E-state index contributed by atoms with van der Waals surface area (Å²) in [5, 5.41) is 6.21. The second kappa shape index (κ2) is 10.4. The Morgan fingerprint density at radius 1 is 0.886 bits per heavy atom. The zero-order chi connectivity index (χ0) is 24.8. The number of carbonyl (C=O) groups is 2. The molecule has 0 fully saturated rings. The van der Waals surface area contributed by atoms with Gasteiger partial charge in [-0.1, -0.05) is 36.4 Å². The third-order valence-electron chi connectivity index (χ3n) is 5.34. The van der Waals surface area contributed by atoms with Gasteiger partial charge in [-0.3, -0.25) is 4.79 Å². The maximum atomic E-state index is 13.0. The van der Waals surface area contributed by atoms with Crippen molar-refractivity contribution in [1.29, 1.82) is 0 Å². The zero-order valence-corrected chi connectivity index (χ0v) is 19.6. The number of sulfonamides is 1. The van der Waals surface area contributed by atoms with Gasteiger partial charge in [0.2, 0.25) is 10.0 Å². The fourth-order valence-corrected chi connectivity index (χ4v) is 4.81. The Hall–Kier alpha value is -4.15. The second-order valence-corrected chi connectivity index (χ2v) is 9.44. The van der Waals surface area contributed by atoms with E-state index in [2.05, 4.69) is 20.3 Å². The normalized spacial score (nSPS) is 12.1. The van der Waals surface area contributed by atoms with Crippen molar-refractivity contribution >= 4 is 44.3 Å². The van der Waals surface area contributed by atoms with Crippen molar-refractivity contribution in [1.82, 2.24) is 9.71 Å². The summed E-state index contributed by atoms with van der Waals surface area (Å²) in [6.45, 7) is 0. The van der Waals surface area contributed by atoms with Crippen LogP contribution in [0.2, 0.25) is 0 Å². The number of aromatic nitrogens is 1. The first-order valence-corrected chi connectivity index (χ1v) is 12.2. The quantitative estimate of drug-likeness (QED) is 0.278. The van der Waals surface area contributed by atoms with Crippen LogP contribution in [0.3, 0.4) is 0 Å². The molecule has 4 N–H and O–H groups in total. The van der Waals surface area contributed by atoms with Gasteiger partial charge in [0, 0.05) is 34.9 Å². The molecule has 10 heteroatoms. The van der Waals surface area contributed by atoms with E-state index in [4.69, 9.17) is 4.74 Å². The molecule has 1 aromatic heterocycles. The summed E-state index contributed by atoms with van der Waals surface area (Å²) in [6.07, 6.45) is 1.85. The van der Waals surface area contributed by atoms with E-state index in [1.165, 1.54) is 31.4 Å². The highest BCUT2D eigenvalue weighted by atomic mass is 32.2.